The fourth-order valence-electron chi connectivity index (χ4n) is 1.97. The third-order valence-corrected chi connectivity index (χ3v) is 4.02. The summed E-state index contributed by atoms with van der Waals surface area (Å²) in [5, 5.41) is 8.36. The molecule has 0 aliphatic carbocycles. The summed E-state index contributed by atoms with van der Waals surface area (Å²) in [6, 6.07) is 0. The van der Waals surface area contributed by atoms with Crippen LogP contribution in [-0.2, 0) is 13.0 Å². The summed E-state index contributed by atoms with van der Waals surface area (Å²) in [7, 11) is 0. The smallest absolute Gasteiger partial charge is 0.195 e. The Labute approximate surface area is 116 Å². The minimum atomic E-state index is 0.695. The van der Waals surface area contributed by atoms with Gasteiger partial charge in [0.25, 0.3) is 0 Å². The van der Waals surface area contributed by atoms with E-state index in [0.717, 1.165) is 47.2 Å². The average molecular weight is 282 g/mol. The zero-order valence-electron chi connectivity index (χ0n) is 11.0. The Morgan fingerprint density at radius 1 is 1.33 bits per heavy atom. The molecule has 2 aromatic rings. The molecule has 0 atom stereocenters. The lowest BCUT2D eigenvalue weighted by Gasteiger charge is -2.04. The van der Waals surface area contributed by atoms with Crippen LogP contribution >= 0.6 is 23.6 Å². The number of nitrogens with one attached hydrogen (secondary N) is 1. The lowest BCUT2D eigenvalue weighted by molar-refractivity contribution is 0.675. The molecule has 18 heavy (non-hydrogen) atoms. The summed E-state index contributed by atoms with van der Waals surface area (Å²) in [6.07, 6.45) is 3.13. The van der Waals surface area contributed by atoms with Gasteiger partial charge < -0.3 is 0 Å². The molecule has 2 aromatic heterocycles. The molecular weight excluding hydrogens is 264 g/mol. The summed E-state index contributed by atoms with van der Waals surface area (Å²) in [5.74, 6) is 0.941. The molecule has 6 heteroatoms. The number of thiazole rings is 1. The van der Waals surface area contributed by atoms with Gasteiger partial charge >= 0.3 is 0 Å². The lowest BCUT2D eigenvalue weighted by Crippen LogP contribution is -2.00. The minimum Gasteiger partial charge on any atom is -0.299 e. The Morgan fingerprint density at radius 2 is 2.11 bits per heavy atom. The fourth-order valence-corrected chi connectivity index (χ4v) is 3.16. The van der Waals surface area contributed by atoms with Crippen molar-refractivity contribution in [3.8, 4) is 10.7 Å². The molecule has 0 radical (unpaired) electrons. The second-order valence-electron chi connectivity index (χ2n) is 4.26. The van der Waals surface area contributed by atoms with Gasteiger partial charge in [0.1, 0.15) is 0 Å². The highest BCUT2D eigenvalue weighted by Crippen LogP contribution is 2.29. The number of nitrogens with zero attached hydrogens (tertiary/aromatic N) is 3. The van der Waals surface area contributed by atoms with E-state index in [0.29, 0.717) is 4.77 Å². The third kappa shape index (κ3) is 2.54. The normalized spacial score (nSPS) is 11.1. The van der Waals surface area contributed by atoms with Crippen LogP contribution in [0.1, 0.15) is 37.4 Å². The average Bonchev–Trinajstić information content (AvgIpc) is 2.85. The summed E-state index contributed by atoms with van der Waals surface area (Å²) in [4.78, 5) is 5.77. The van der Waals surface area contributed by atoms with E-state index in [1.165, 1.54) is 0 Å². The van der Waals surface area contributed by atoms with E-state index < -0.39 is 0 Å². The van der Waals surface area contributed by atoms with Crippen LogP contribution in [0.3, 0.4) is 0 Å². The Kier molecular flexibility index (Phi) is 4.29. The van der Waals surface area contributed by atoms with Gasteiger partial charge in [-0.25, -0.2) is 4.98 Å². The molecule has 0 amide bonds. The molecule has 0 aromatic carbocycles. The molecule has 98 valence electrons. The number of rotatable bonds is 5. The van der Waals surface area contributed by atoms with E-state index >= 15 is 0 Å². The molecule has 2 heterocycles. The van der Waals surface area contributed by atoms with E-state index in [1.807, 2.05) is 6.92 Å². The standard InChI is InChI=1S/C12H18N4S2/c1-4-6-9-10(18-8(3)13-9)11-14-15-12(17)16(11)7-5-2/h4-7H2,1-3H3,(H,15,17). The fraction of sp³-hybridized carbons (Fsp3) is 0.583. The summed E-state index contributed by atoms with van der Waals surface area (Å²) in [5.41, 5.74) is 1.14. The summed E-state index contributed by atoms with van der Waals surface area (Å²) < 4.78 is 2.77. The maximum atomic E-state index is 5.28. The van der Waals surface area contributed by atoms with Crippen LogP contribution in [0.25, 0.3) is 10.7 Å². The van der Waals surface area contributed by atoms with E-state index in [4.69, 9.17) is 12.2 Å². The Bertz CT molecular complexity index is 579. The maximum Gasteiger partial charge on any atom is 0.195 e. The molecule has 0 spiro atoms. The highest BCUT2D eigenvalue weighted by atomic mass is 32.1. The quantitative estimate of drug-likeness (QED) is 0.850. The zero-order chi connectivity index (χ0) is 13.1. The van der Waals surface area contributed by atoms with E-state index in [2.05, 4.69) is 33.6 Å². The molecule has 0 saturated heterocycles. The molecule has 0 aliphatic rings. The largest absolute Gasteiger partial charge is 0.299 e. The molecular formula is C12H18N4S2. The van der Waals surface area contributed by atoms with Crippen LogP contribution in [0.5, 0.6) is 0 Å². The molecule has 0 saturated carbocycles. The minimum absolute atomic E-state index is 0.695. The van der Waals surface area contributed by atoms with Crippen molar-refractivity contribution in [1.82, 2.24) is 19.7 Å². The Balaban J connectivity index is 2.51. The SMILES string of the molecule is CCCc1nc(C)sc1-c1n[nH]c(=S)n1CCC. The van der Waals surface area contributed by atoms with Gasteiger partial charge in [-0.15, -0.1) is 11.3 Å². The van der Waals surface area contributed by atoms with Gasteiger partial charge in [-0.1, -0.05) is 20.3 Å². The van der Waals surface area contributed by atoms with Gasteiger partial charge in [0.05, 0.1) is 15.6 Å². The molecule has 1 N–H and O–H groups in total. The third-order valence-electron chi connectivity index (χ3n) is 2.70. The molecule has 2 rings (SSSR count). The highest BCUT2D eigenvalue weighted by Gasteiger charge is 2.16. The zero-order valence-corrected chi connectivity index (χ0v) is 12.6. The van der Waals surface area contributed by atoms with Crippen molar-refractivity contribution in [2.75, 3.05) is 0 Å². The molecule has 0 fully saturated rings. The van der Waals surface area contributed by atoms with Gasteiger partial charge in [0, 0.05) is 6.54 Å². The number of aromatic amines is 1. The van der Waals surface area contributed by atoms with E-state index in [-0.39, 0.29) is 0 Å². The monoisotopic (exact) mass is 282 g/mol. The van der Waals surface area contributed by atoms with Gasteiger partial charge in [0.15, 0.2) is 10.6 Å². The number of hydrogen-bond acceptors (Lipinski definition) is 4. The molecule has 0 aliphatic heterocycles. The van der Waals surface area contributed by atoms with Crippen molar-refractivity contribution < 1.29 is 0 Å². The predicted molar refractivity (Wildman–Crippen MR) is 77.5 cm³/mol. The first-order valence-corrected chi connectivity index (χ1v) is 7.51. The van der Waals surface area contributed by atoms with E-state index in [9.17, 15) is 0 Å². The van der Waals surface area contributed by atoms with Crippen LogP contribution in [0.15, 0.2) is 0 Å². The topological polar surface area (TPSA) is 46.5 Å². The van der Waals surface area contributed by atoms with Crippen molar-refractivity contribution in [3.63, 3.8) is 0 Å². The predicted octanol–water partition coefficient (Wildman–Crippen LogP) is 3.74. The molecule has 0 unspecified atom stereocenters. The summed E-state index contributed by atoms with van der Waals surface area (Å²) >= 11 is 6.98. The highest BCUT2D eigenvalue weighted by molar-refractivity contribution is 7.71. The molecule has 0 bridgehead atoms. The number of aryl methyl sites for hydroxylation is 2. The van der Waals surface area contributed by atoms with Crippen LogP contribution in [0.2, 0.25) is 0 Å². The maximum absolute atomic E-state index is 5.28. The first-order valence-electron chi connectivity index (χ1n) is 6.29. The van der Waals surface area contributed by atoms with Crippen LogP contribution in [0, 0.1) is 11.7 Å². The van der Waals surface area contributed by atoms with Gasteiger partial charge in [-0.2, -0.15) is 5.10 Å². The number of H-pyrrole nitrogens is 1. The first-order chi connectivity index (χ1) is 8.67. The first kappa shape index (κ1) is 13.4. The number of hydrogen-bond donors (Lipinski definition) is 1. The summed E-state index contributed by atoms with van der Waals surface area (Å²) in [6.45, 7) is 7.25. The van der Waals surface area contributed by atoms with Gasteiger partial charge in [-0.05, 0) is 32.0 Å². The van der Waals surface area contributed by atoms with Gasteiger partial charge in [-0.3, -0.25) is 9.67 Å². The van der Waals surface area contributed by atoms with Crippen molar-refractivity contribution in [2.45, 2.75) is 46.6 Å². The van der Waals surface area contributed by atoms with Crippen molar-refractivity contribution >= 4 is 23.6 Å². The van der Waals surface area contributed by atoms with E-state index in [1.54, 1.807) is 11.3 Å². The Hall–Kier alpha value is -1.01. The second-order valence-corrected chi connectivity index (χ2v) is 5.85. The van der Waals surface area contributed by atoms with Crippen LogP contribution in [-0.4, -0.2) is 19.7 Å². The number of aromatic nitrogens is 4. The van der Waals surface area contributed by atoms with Crippen molar-refractivity contribution in [2.24, 2.45) is 0 Å². The van der Waals surface area contributed by atoms with Crippen LogP contribution < -0.4 is 0 Å². The second kappa shape index (κ2) is 5.75. The lowest BCUT2D eigenvalue weighted by atomic mass is 10.2. The van der Waals surface area contributed by atoms with Crippen LogP contribution in [0.4, 0.5) is 0 Å². The van der Waals surface area contributed by atoms with Crippen molar-refractivity contribution in [3.05, 3.63) is 15.5 Å². The van der Waals surface area contributed by atoms with Gasteiger partial charge in [0.2, 0.25) is 0 Å². The molecule has 4 nitrogen and oxygen atoms in total. The Morgan fingerprint density at radius 3 is 2.78 bits per heavy atom. The van der Waals surface area contributed by atoms with Crippen molar-refractivity contribution in [1.29, 1.82) is 0 Å².